The second kappa shape index (κ2) is 6.67. The Morgan fingerprint density at radius 3 is 2.41 bits per heavy atom. The molecule has 22 heavy (non-hydrogen) atoms. The average Bonchev–Trinajstić information content (AvgIpc) is 2.95. The minimum atomic E-state index is 0.722. The molecule has 3 aromatic rings. The lowest BCUT2D eigenvalue weighted by Crippen LogP contribution is -1.91. The van der Waals surface area contributed by atoms with Gasteiger partial charge in [0, 0.05) is 22.4 Å². The summed E-state index contributed by atoms with van der Waals surface area (Å²) in [7, 11) is 0. The summed E-state index contributed by atoms with van der Waals surface area (Å²) < 4.78 is 0. The van der Waals surface area contributed by atoms with Crippen molar-refractivity contribution in [1.29, 1.82) is 0 Å². The predicted octanol–water partition coefficient (Wildman–Crippen LogP) is 4.72. The topological polar surface area (TPSA) is 30.0 Å². The molecule has 0 N–H and O–H groups in total. The second-order valence-corrected chi connectivity index (χ2v) is 6.53. The molecule has 110 valence electrons. The van der Waals surface area contributed by atoms with Gasteiger partial charge in [0.15, 0.2) is 0 Å². The first-order chi connectivity index (χ1) is 10.8. The maximum Gasteiger partial charge on any atom is 0.150 e. The number of thiazole rings is 1. The molecule has 0 bridgehead atoms. The van der Waals surface area contributed by atoms with E-state index in [9.17, 15) is 4.79 Å². The predicted molar refractivity (Wildman–Crippen MR) is 91.5 cm³/mol. The van der Waals surface area contributed by atoms with Crippen molar-refractivity contribution in [2.75, 3.05) is 0 Å². The fourth-order valence-corrected chi connectivity index (χ4v) is 3.39. The molecule has 2 aromatic carbocycles. The quantitative estimate of drug-likeness (QED) is 0.639. The third-order valence-electron chi connectivity index (χ3n) is 3.63. The van der Waals surface area contributed by atoms with Crippen LogP contribution in [0.5, 0.6) is 0 Å². The van der Waals surface area contributed by atoms with Gasteiger partial charge in [-0.2, -0.15) is 0 Å². The third-order valence-corrected chi connectivity index (χ3v) is 4.66. The standard InChI is InChI=1S/C19H17NOS/c1-14-19(17-5-3-2-4-6-17)20-18(22-14)12-11-15-7-9-16(13-21)10-8-15/h2-10,13H,11-12H2,1H3. The molecule has 0 amide bonds. The highest BCUT2D eigenvalue weighted by Gasteiger charge is 2.09. The molecule has 0 saturated carbocycles. The number of hydrogen-bond acceptors (Lipinski definition) is 3. The van der Waals surface area contributed by atoms with E-state index in [-0.39, 0.29) is 0 Å². The monoisotopic (exact) mass is 307 g/mol. The molecular weight excluding hydrogens is 290 g/mol. The van der Waals surface area contributed by atoms with Crippen LogP contribution >= 0.6 is 11.3 Å². The van der Waals surface area contributed by atoms with Crippen molar-refractivity contribution in [3.05, 3.63) is 75.6 Å². The Balaban J connectivity index is 1.72. The van der Waals surface area contributed by atoms with Crippen LogP contribution in [0.4, 0.5) is 0 Å². The number of nitrogens with zero attached hydrogens (tertiary/aromatic N) is 1. The molecule has 0 radical (unpaired) electrons. The van der Waals surface area contributed by atoms with E-state index in [1.165, 1.54) is 16.0 Å². The van der Waals surface area contributed by atoms with Crippen molar-refractivity contribution in [2.24, 2.45) is 0 Å². The van der Waals surface area contributed by atoms with Gasteiger partial charge in [-0.05, 0) is 18.9 Å². The van der Waals surface area contributed by atoms with Crippen LogP contribution in [0.2, 0.25) is 0 Å². The second-order valence-electron chi connectivity index (χ2n) is 5.24. The van der Waals surface area contributed by atoms with Gasteiger partial charge in [0.2, 0.25) is 0 Å². The molecule has 0 unspecified atom stereocenters. The summed E-state index contributed by atoms with van der Waals surface area (Å²) in [5.74, 6) is 0. The normalized spacial score (nSPS) is 10.6. The van der Waals surface area contributed by atoms with Crippen molar-refractivity contribution in [3.8, 4) is 11.3 Å². The summed E-state index contributed by atoms with van der Waals surface area (Å²) in [5, 5.41) is 1.16. The van der Waals surface area contributed by atoms with Crippen LogP contribution in [0.3, 0.4) is 0 Å². The maximum atomic E-state index is 10.7. The molecule has 0 aliphatic heterocycles. The van der Waals surface area contributed by atoms with Gasteiger partial charge in [-0.3, -0.25) is 4.79 Å². The van der Waals surface area contributed by atoms with E-state index in [0.29, 0.717) is 0 Å². The fourth-order valence-electron chi connectivity index (χ4n) is 2.44. The lowest BCUT2D eigenvalue weighted by atomic mass is 10.1. The van der Waals surface area contributed by atoms with Crippen molar-refractivity contribution in [1.82, 2.24) is 4.98 Å². The van der Waals surface area contributed by atoms with Gasteiger partial charge in [-0.15, -0.1) is 11.3 Å². The molecule has 0 spiro atoms. The Kier molecular flexibility index (Phi) is 4.45. The molecule has 3 rings (SSSR count). The van der Waals surface area contributed by atoms with Crippen LogP contribution in [-0.2, 0) is 12.8 Å². The number of carbonyl (C=O) groups is 1. The van der Waals surface area contributed by atoms with Crippen LogP contribution < -0.4 is 0 Å². The van der Waals surface area contributed by atoms with Gasteiger partial charge in [0.25, 0.3) is 0 Å². The Morgan fingerprint density at radius 1 is 1.00 bits per heavy atom. The van der Waals surface area contributed by atoms with Gasteiger partial charge in [-0.1, -0.05) is 54.6 Å². The molecule has 1 heterocycles. The highest BCUT2D eigenvalue weighted by molar-refractivity contribution is 7.12. The Morgan fingerprint density at radius 2 is 1.73 bits per heavy atom. The SMILES string of the molecule is Cc1sc(CCc2ccc(C=O)cc2)nc1-c1ccccc1. The van der Waals surface area contributed by atoms with E-state index in [1.807, 2.05) is 42.5 Å². The van der Waals surface area contributed by atoms with Crippen LogP contribution in [-0.4, -0.2) is 11.3 Å². The summed E-state index contributed by atoms with van der Waals surface area (Å²) in [6.07, 6.45) is 2.75. The van der Waals surface area contributed by atoms with Crippen LogP contribution in [0.1, 0.15) is 25.8 Å². The number of benzene rings is 2. The van der Waals surface area contributed by atoms with E-state index < -0.39 is 0 Å². The number of hydrogen-bond donors (Lipinski definition) is 0. The minimum Gasteiger partial charge on any atom is -0.298 e. The summed E-state index contributed by atoms with van der Waals surface area (Å²) in [6, 6.07) is 18.1. The van der Waals surface area contributed by atoms with E-state index in [4.69, 9.17) is 4.98 Å². The molecule has 0 aliphatic rings. The first-order valence-electron chi connectivity index (χ1n) is 7.32. The molecule has 2 nitrogen and oxygen atoms in total. The maximum absolute atomic E-state index is 10.7. The van der Waals surface area contributed by atoms with Gasteiger partial charge in [0.05, 0.1) is 10.7 Å². The van der Waals surface area contributed by atoms with Gasteiger partial charge in [0.1, 0.15) is 6.29 Å². The molecule has 0 atom stereocenters. The van der Waals surface area contributed by atoms with E-state index >= 15 is 0 Å². The average molecular weight is 307 g/mol. The van der Waals surface area contributed by atoms with Crippen LogP contribution in [0.25, 0.3) is 11.3 Å². The molecule has 0 saturated heterocycles. The smallest absolute Gasteiger partial charge is 0.150 e. The number of rotatable bonds is 5. The van der Waals surface area contributed by atoms with Crippen molar-refractivity contribution in [3.63, 3.8) is 0 Å². The highest BCUT2D eigenvalue weighted by Crippen LogP contribution is 2.28. The minimum absolute atomic E-state index is 0.722. The molecule has 0 aliphatic carbocycles. The lowest BCUT2D eigenvalue weighted by molar-refractivity contribution is 0.112. The molecule has 1 aromatic heterocycles. The van der Waals surface area contributed by atoms with Crippen LogP contribution in [0.15, 0.2) is 54.6 Å². The number of aldehydes is 1. The van der Waals surface area contributed by atoms with Crippen molar-refractivity contribution in [2.45, 2.75) is 19.8 Å². The van der Waals surface area contributed by atoms with E-state index in [0.717, 1.165) is 35.4 Å². The summed E-state index contributed by atoms with van der Waals surface area (Å²) in [5.41, 5.74) is 4.23. The number of aryl methyl sites for hydroxylation is 3. The molecule has 3 heteroatoms. The van der Waals surface area contributed by atoms with Crippen molar-refractivity contribution < 1.29 is 4.79 Å². The Bertz CT molecular complexity index is 760. The zero-order valence-corrected chi connectivity index (χ0v) is 13.3. The first-order valence-corrected chi connectivity index (χ1v) is 8.14. The number of carbonyl (C=O) groups excluding carboxylic acids is 1. The highest BCUT2D eigenvalue weighted by atomic mass is 32.1. The molecule has 0 fully saturated rings. The summed E-state index contributed by atoms with van der Waals surface area (Å²) >= 11 is 1.77. The van der Waals surface area contributed by atoms with Crippen LogP contribution in [0, 0.1) is 6.92 Å². The lowest BCUT2D eigenvalue weighted by Gasteiger charge is -1.99. The van der Waals surface area contributed by atoms with Gasteiger partial charge in [-0.25, -0.2) is 4.98 Å². The van der Waals surface area contributed by atoms with Gasteiger partial charge < -0.3 is 0 Å². The van der Waals surface area contributed by atoms with Crippen molar-refractivity contribution >= 4 is 17.6 Å². The Hall–Kier alpha value is -2.26. The summed E-state index contributed by atoms with van der Waals surface area (Å²) in [6.45, 7) is 2.13. The first kappa shape index (κ1) is 14.7. The number of aromatic nitrogens is 1. The van der Waals surface area contributed by atoms with E-state index in [2.05, 4.69) is 19.1 Å². The Labute approximate surface area is 134 Å². The molecular formula is C19H17NOS. The van der Waals surface area contributed by atoms with Gasteiger partial charge >= 0.3 is 0 Å². The third kappa shape index (κ3) is 3.31. The zero-order chi connectivity index (χ0) is 15.4. The summed E-state index contributed by atoms with van der Waals surface area (Å²) in [4.78, 5) is 16.7. The fraction of sp³-hybridized carbons (Fsp3) is 0.158. The zero-order valence-electron chi connectivity index (χ0n) is 12.5. The van der Waals surface area contributed by atoms with E-state index in [1.54, 1.807) is 11.3 Å². The largest absolute Gasteiger partial charge is 0.298 e.